The van der Waals surface area contributed by atoms with Crippen molar-refractivity contribution in [3.63, 3.8) is 0 Å². The first-order valence-electron chi connectivity index (χ1n) is 10.1. The average Bonchev–Trinajstić information content (AvgIpc) is 3.09. The molecule has 1 saturated carbocycles. The summed E-state index contributed by atoms with van der Waals surface area (Å²) in [6.07, 6.45) is 0. The minimum atomic E-state index is -0.252. The number of hydrogen-bond donors (Lipinski definition) is 2. The standard InChI is InChI=1S/C23H24N2O4/c1-12-5-3-4-6-14(12)17-11-29-21-15(17)7-13(8-16(21)23(27)24-2)22(26)25-20-18-9-28-10-19(18)20/h3-8,17-20H,9-11H2,1-2H3,(H,24,27)(H,25,26)/t17-,18-,19+,20+/m0/s1. The molecule has 150 valence electrons. The highest BCUT2D eigenvalue weighted by atomic mass is 16.5. The molecule has 2 aromatic rings. The Morgan fingerprint density at radius 2 is 1.76 bits per heavy atom. The minimum absolute atomic E-state index is 0.00365. The molecular weight excluding hydrogens is 368 g/mol. The normalized spacial score (nSPS) is 26.3. The van der Waals surface area contributed by atoms with Gasteiger partial charge >= 0.3 is 0 Å². The molecule has 6 heteroatoms. The van der Waals surface area contributed by atoms with Crippen LogP contribution in [0.3, 0.4) is 0 Å². The Hall–Kier alpha value is -2.86. The highest BCUT2D eigenvalue weighted by Gasteiger charge is 2.54. The lowest BCUT2D eigenvalue weighted by Crippen LogP contribution is -2.30. The van der Waals surface area contributed by atoms with Gasteiger partial charge in [-0.15, -0.1) is 0 Å². The van der Waals surface area contributed by atoms with Gasteiger partial charge in [0.25, 0.3) is 11.8 Å². The lowest BCUT2D eigenvalue weighted by molar-refractivity contribution is 0.0929. The third-order valence-corrected chi connectivity index (χ3v) is 6.44. The molecule has 0 spiro atoms. The molecule has 0 aromatic heterocycles. The van der Waals surface area contributed by atoms with Gasteiger partial charge in [0, 0.05) is 42.0 Å². The van der Waals surface area contributed by atoms with Crippen LogP contribution >= 0.6 is 0 Å². The van der Waals surface area contributed by atoms with E-state index >= 15 is 0 Å². The predicted molar refractivity (Wildman–Crippen MR) is 107 cm³/mol. The lowest BCUT2D eigenvalue weighted by atomic mass is 9.88. The minimum Gasteiger partial charge on any atom is -0.491 e. The second-order valence-corrected chi connectivity index (χ2v) is 8.11. The maximum atomic E-state index is 13.0. The Balaban J connectivity index is 1.51. The molecule has 6 nitrogen and oxygen atoms in total. The molecule has 5 rings (SSSR count). The summed E-state index contributed by atoms with van der Waals surface area (Å²) >= 11 is 0. The van der Waals surface area contributed by atoms with E-state index in [9.17, 15) is 9.59 Å². The van der Waals surface area contributed by atoms with Crippen molar-refractivity contribution in [2.45, 2.75) is 18.9 Å². The van der Waals surface area contributed by atoms with Crippen LogP contribution in [0.25, 0.3) is 0 Å². The molecule has 1 saturated heterocycles. The Morgan fingerprint density at radius 1 is 1.00 bits per heavy atom. The summed E-state index contributed by atoms with van der Waals surface area (Å²) in [6, 6.07) is 11.9. The van der Waals surface area contributed by atoms with Gasteiger partial charge in [-0.1, -0.05) is 24.3 Å². The fourth-order valence-corrected chi connectivity index (χ4v) is 4.69. The summed E-state index contributed by atoms with van der Waals surface area (Å²) in [5, 5.41) is 5.78. The monoisotopic (exact) mass is 392 g/mol. The van der Waals surface area contributed by atoms with Gasteiger partial charge in [0.1, 0.15) is 5.75 Å². The van der Waals surface area contributed by atoms with E-state index in [0.717, 1.165) is 16.7 Å². The van der Waals surface area contributed by atoms with Gasteiger partial charge in [-0.05, 0) is 30.2 Å². The molecule has 3 aliphatic rings. The summed E-state index contributed by atoms with van der Waals surface area (Å²) in [7, 11) is 1.58. The van der Waals surface area contributed by atoms with Crippen LogP contribution in [0.1, 0.15) is 43.3 Å². The van der Waals surface area contributed by atoms with Gasteiger partial charge in [0.2, 0.25) is 0 Å². The van der Waals surface area contributed by atoms with Gasteiger partial charge < -0.3 is 20.1 Å². The van der Waals surface area contributed by atoms with Gasteiger partial charge in [-0.25, -0.2) is 0 Å². The van der Waals surface area contributed by atoms with E-state index < -0.39 is 0 Å². The zero-order chi connectivity index (χ0) is 20.1. The third-order valence-electron chi connectivity index (χ3n) is 6.44. The van der Waals surface area contributed by atoms with Crippen LogP contribution in [0.15, 0.2) is 36.4 Å². The van der Waals surface area contributed by atoms with E-state index in [1.165, 1.54) is 0 Å². The number of rotatable bonds is 4. The quantitative estimate of drug-likeness (QED) is 0.837. The molecule has 2 amide bonds. The van der Waals surface area contributed by atoms with Crippen LogP contribution < -0.4 is 15.4 Å². The zero-order valence-corrected chi connectivity index (χ0v) is 16.5. The molecule has 1 aliphatic carbocycles. The smallest absolute Gasteiger partial charge is 0.254 e. The van der Waals surface area contributed by atoms with E-state index in [2.05, 4.69) is 29.7 Å². The average molecular weight is 392 g/mol. The Kier molecular flexibility index (Phi) is 4.32. The highest BCUT2D eigenvalue weighted by Crippen LogP contribution is 2.45. The molecule has 2 aliphatic heterocycles. The number of hydrogen-bond acceptors (Lipinski definition) is 4. The van der Waals surface area contributed by atoms with E-state index in [-0.39, 0.29) is 23.8 Å². The molecular formula is C23H24N2O4. The second-order valence-electron chi connectivity index (χ2n) is 8.11. The van der Waals surface area contributed by atoms with Crippen molar-refractivity contribution >= 4 is 11.8 Å². The van der Waals surface area contributed by atoms with Crippen molar-refractivity contribution in [3.8, 4) is 5.75 Å². The number of carbonyl (C=O) groups excluding carboxylic acids is 2. The van der Waals surface area contributed by atoms with Crippen molar-refractivity contribution in [3.05, 3.63) is 64.2 Å². The Morgan fingerprint density at radius 3 is 2.48 bits per heavy atom. The van der Waals surface area contributed by atoms with Crippen molar-refractivity contribution in [1.29, 1.82) is 0 Å². The number of aryl methyl sites for hydroxylation is 1. The molecule has 2 aromatic carbocycles. The second kappa shape index (κ2) is 6.88. The molecule has 0 radical (unpaired) electrons. The topological polar surface area (TPSA) is 76.7 Å². The molecule has 2 N–H and O–H groups in total. The highest BCUT2D eigenvalue weighted by molar-refractivity contribution is 6.02. The Bertz CT molecular complexity index is 992. The van der Waals surface area contributed by atoms with Crippen molar-refractivity contribution in [2.24, 2.45) is 11.8 Å². The maximum Gasteiger partial charge on any atom is 0.254 e. The van der Waals surface area contributed by atoms with Crippen molar-refractivity contribution in [2.75, 3.05) is 26.9 Å². The number of fused-ring (bicyclic) bond motifs is 2. The van der Waals surface area contributed by atoms with Gasteiger partial charge in [0.05, 0.1) is 25.4 Å². The first kappa shape index (κ1) is 18.2. The van der Waals surface area contributed by atoms with Crippen LogP contribution in [0, 0.1) is 18.8 Å². The van der Waals surface area contributed by atoms with Crippen molar-refractivity contribution < 1.29 is 19.1 Å². The fourth-order valence-electron chi connectivity index (χ4n) is 4.69. The van der Waals surface area contributed by atoms with E-state index in [0.29, 0.717) is 48.5 Å². The third kappa shape index (κ3) is 2.99. The maximum absolute atomic E-state index is 13.0. The number of ether oxygens (including phenoxy) is 2. The summed E-state index contributed by atoms with van der Waals surface area (Å²) in [5.74, 6) is 1.03. The molecule has 4 atom stereocenters. The van der Waals surface area contributed by atoms with Gasteiger partial charge in [0.15, 0.2) is 0 Å². The van der Waals surface area contributed by atoms with Crippen LogP contribution in [0.4, 0.5) is 0 Å². The molecule has 0 bridgehead atoms. The van der Waals surface area contributed by atoms with E-state index in [1.54, 1.807) is 13.1 Å². The molecule has 29 heavy (non-hydrogen) atoms. The van der Waals surface area contributed by atoms with Gasteiger partial charge in [-0.2, -0.15) is 0 Å². The Labute approximate surface area is 169 Å². The number of carbonyl (C=O) groups is 2. The van der Waals surface area contributed by atoms with Gasteiger partial charge in [-0.3, -0.25) is 9.59 Å². The van der Waals surface area contributed by atoms with Crippen molar-refractivity contribution in [1.82, 2.24) is 10.6 Å². The van der Waals surface area contributed by atoms with Crippen LogP contribution in [-0.2, 0) is 4.74 Å². The lowest BCUT2D eigenvalue weighted by Gasteiger charge is -2.15. The SMILES string of the molecule is CNC(=O)c1cc(C(=O)N[C@H]2[C@@H]3COC[C@@H]32)cc2c1OC[C@H]2c1ccccc1C. The summed E-state index contributed by atoms with van der Waals surface area (Å²) in [4.78, 5) is 25.5. The first-order valence-corrected chi connectivity index (χ1v) is 10.1. The zero-order valence-electron chi connectivity index (χ0n) is 16.5. The van der Waals surface area contributed by atoms with Crippen LogP contribution in [0.5, 0.6) is 5.75 Å². The molecule has 2 fully saturated rings. The predicted octanol–water partition coefficient (Wildman–Crippen LogP) is 2.25. The number of nitrogens with one attached hydrogen (secondary N) is 2. The molecule has 2 heterocycles. The summed E-state index contributed by atoms with van der Waals surface area (Å²) < 4.78 is 11.4. The fraction of sp³-hybridized carbons (Fsp3) is 0.391. The molecule has 0 unspecified atom stereocenters. The largest absolute Gasteiger partial charge is 0.491 e. The first-order chi connectivity index (χ1) is 14.1. The van der Waals surface area contributed by atoms with Crippen LogP contribution in [0.2, 0.25) is 0 Å². The van der Waals surface area contributed by atoms with E-state index in [1.807, 2.05) is 18.2 Å². The van der Waals surface area contributed by atoms with E-state index in [4.69, 9.17) is 9.47 Å². The number of amides is 2. The summed E-state index contributed by atoms with van der Waals surface area (Å²) in [5.41, 5.74) is 4.12. The van der Waals surface area contributed by atoms with Crippen LogP contribution in [-0.4, -0.2) is 44.7 Å². The summed E-state index contributed by atoms with van der Waals surface area (Å²) in [6.45, 7) is 3.95. The number of benzene rings is 2.